The zero-order valence-electron chi connectivity index (χ0n) is 11.3. The minimum atomic E-state index is -0.264. The van der Waals surface area contributed by atoms with Crippen molar-refractivity contribution in [2.45, 2.75) is 45.6 Å². The average Bonchev–Trinajstić information content (AvgIpc) is 2.34. The first-order valence-electron chi connectivity index (χ1n) is 6.99. The molecule has 0 aliphatic heterocycles. The summed E-state index contributed by atoms with van der Waals surface area (Å²) in [6.45, 7) is 4.48. The van der Waals surface area contributed by atoms with E-state index >= 15 is 0 Å². The van der Waals surface area contributed by atoms with Crippen LogP contribution in [0.25, 0.3) is 0 Å². The topological polar surface area (TPSA) is 20.2 Å². The number of benzene rings is 1. The van der Waals surface area contributed by atoms with Crippen molar-refractivity contribution in [1.82, 2.24) is 0 Å². The highest BCUT2D eigenvalue weighted by atomic mass is 19.1. The van der Waals surface area contributed by atoms with Gasteiger partial charge in [-0.3, -0.25) is 0 Å². The first-order valence-corrected chi connectivity index (χ1v) is 6.99. The van der Waals surface area contributed by atoms with Gasteiger partial charge in [-0.05, 0) is 55.1 Å². The Bertz CT molecular complexity index is 388. The van der Waals surface area contributed by atoms with E-state index in [0.29, 0.717) is 18.3 Å². The van der Waals surface area contributed by atoms with Crippen molar-refractivity contribution in [1.29, 1.82) is 0 Å². The Morgan fingerprint density at radius 1 is 1.28 bits per heavy atom. The number of hydrogen-bond acceptors (Lipinski definition) is 1. The van der Waals surface area contributed by atoms with Gasteiger partial charge in [0, 0.05) is 0 Å². The maximum atomic E-state index is 13.6. The molecule has 100 valence electrons. The van der Waals surface area contributed by atoms with E-state index < -0.39 is 0 Å². The van der Waals surface area contributed by atoms with Crippen molar-refractivity contribution < 1.29 is 9.50 Å². The second kappa shape index (κ2) is 5.83. The van der Waals surface area contributed by atoms with Crippen molar-refractivity contribution in [3.05, 3.63) is 35.6 Å². The Hall–Kier alpha value is -0.890. The van der Waals surface area contributed by atoms with Gasteiger partial charge in [0.25, 0.3) is 0 Å². The molecule has 0 aromatic heterocycles. The van der Waals surface area contributed by atoms with E-state index in [1.54, 1.807) is 6.07 Å². The number of aliphatic hydroxyl groups is 1. The van der Waals surface area contributed by atoms with Gasteiger partial charge in [0.05, 0.1) is 6.10 Å². The lowest BCUT2D eigenvalue weighted by Crippen LogP contribution is -2.32. The molecule has 1 aromatic rings. The Morgan fingerprint density at radius 3 is 2.67 bits per heavy atom. The molecule has 0 amide bonds. The monoisotopic (exact) mass is 250 g/mol. The van der Waals surface area contributed by atoms with E-state index in [2.05, 4.69) is 13.8 Å². The molecule has 0 heterocycles. The molecule has 1 aromatic carbocycles. The zero-order valence-corrected chi connectivity index (χ0v) is 11.3. The third kappa shape index (κ3) is 3.11. The largest absolute Gasteiger partial charge is 0.393 e. The highest BCUT2D eigenvalue weighted by molar-refractivity contribution is 5.18. The molecule has 2 heteroatoms. The summed E-state index contributed by atoms with van der Waals surface area (Å²) in [6, 6.07) is 6.92. The van der Waals surface area contributed by atoms with Crippen molar-refractivity contribution >= 4 is 0 Å². The Morgan fingerprint density at radius 2 is 2.00 bits per heavy atom. The summed E-state index contributed by atoms with van der Waals surface area (Å²) in [6.07, 6.45) is 3.39. The lowest BCUT2D eigenvalue weighted by molar-refractivity contribution is 0.0375. The fraction of sp³-hybridized carbons (Fsp3) is 0.625. The maximum absolute atomic E-state index is 13.6. The summed E-state index contributed by atoms with van der Waals surface area (Å²) in [4.78, 5) is 0. The molecule has 1 N–H and O–H groups in total. The van der Waals surface area contributed by atoms with Crippen LogP contribution in [-0.4, -0.2) is 11.2 Å². The van der Waals surface area contributed by atoms with Crippen molar-refractivity contribution in [3.63, 3.8) is 0 Å². The second-order valence-electron chi connectivity index (χ2n) is 5.94. The van der Waals surface area contributed by atoms with Crippen LogP contribution in [0.5, 0.6) is 0 Å². The third-order valence-corrected chi connectivity index (χ3v) is 4.37. The third-order valence-electron chi connectivity index (χ3n) is 4.37. The van der Waals surface area contributed by atoms with E-state index in [0.717, 1.165) is 24.8 Å². The standard InChI is InChI=1S/C16H23FO/c1-11(2)12-7-8-16(18)14(9-12)10-13-5-3-4-6-15(13)17/h3-6,11-12,14,16,18H,7-10H2,1-2H3. The molecule has 0 spiro atoms. The fourth-order valence-corrected chi connectivity index (χ4v) is 3.06. The molecule has 0 bridgehead atoms. The molecule has 3 atom stereocenters. The van der Waals surface area contributed by atoms with Crippen LogP contribution >= 0.6 is 0 Å². The minimum Gasteiger partial charge on any atom is -0.393 e. The average molecular weight is 250 g/mol. The van der Waals surface area contributed by atoms with E-state index in [4.69, 9.17) is 0 Å². The Kier molecular flexibility index (Phi) is 4.39. The molecule has 0 radical (unpaired) electrons. The number of aliphatic hydroxyl groups excluding tert-OH is 1. The molecule has 1 aliphatic rings. The van der Waals surface area contributed by atoms with Crippen molar-refractivity contribution in [3.8, 4) is 0 Å². The van der Waals surface area contributed by atoms with Gasteiger partial charge in [-0.15, -0.1) is 0 Å². The Labute approximate surface area is 109 Å². The van der Waals surface area contributed by atoms with E-state index in [-0.39, 0.29) is 17.8 Å². The van der Waals surface area contributed by atoms with Gasteiger partial charge >= 0.3 is 0 Å². The molecule has 2 rings (SSSR count). The van der Waals surface area contributed by atoms with Gasteiger partial charge in [-0.25, -0.2) is 4.39 Å². The number of rotatable bonds is 3. The van der Waals surface area contributed by atoms with Crippen LogP contribution in [0.3, 0.4) is 0 Å². The molecule has 1 saturated carbocycles. The summed E-state index contributed by atoms with van der Waals surface area (Å²) in [5.74, 6) is 1.39. The Balaban J connectivity index is 2.05. The molecule has 18 heavy (non-hydrogen) atoms. The smallest absolute Gasteiger partial charge is 0.126 e. The van der Waals surface area contributed by atoms with E-state index in [1.807, 2.05) is 12.1 Å². The van der Waals surface area contributed by atoms with Crippen molar-refractivity contribution in [2.75, 3.05) is 0 Å². The number of hydrogen-bond donors (Lipinski definition) is 1. The van der Waals surface area contributed by atoms with Crippen LogP contribution in [0.1, 0.15) is 38.7 Å². The maximum Gasteiger partial charge on any atom is 0.126 e. The molecule has 3 unspecified atom stereocenters. The molecule has 1 fully saturated rings. The van der Waals surface area contributed by atoms with Crippen LogP contribution in [0.2, 0.25) is 0 Å². The predicted octanol–water partition coefficient (Wildman–Crippen LogP) is 3.80. The van der Waals surface area contributed by atoms with Crippen LogP contribution in [0.15, 0.2) is 24.3 Å². The fourth-order valence-electron chi connectivity index (χ4n) is 3.06. The van der Waals surface area contributed by atoms with Gasteiger partial charge < -0.3 is 5.11 Å². The van der Waals surface area contributed by atoms with Crippen LogP contribution in [0.4, 0.5) is 4.39 Å². The van der Waals surface area contributed by atoms with E-state index in [1.165, 1.54) is 6.07 Å². The lowest BCUT2D eigenvalue weighted by Gasteiger charge is -2.35. The van der Waals surface area contributed by atoms with Crippen molar-refractivity contribution in [2.24, 2.45) is 17.8 Å². The van der Waals surface area contributed by atoms with Gasteiger partial charge in [-0.1, -0.05) is 32.0 Å². The minimum absolute atomic E-state index is 0.142. The van der Waals surface area contributed by atoms with Gasteiger partial charge in [-0.2, -0.15) is 0 Å². The first kappa shape index (κ1) is 13.5. The highest BCUT2D eigenvalue weighted by Crippen LogP contribution is 2.35. The highest BCUT2D eigenvalue weighted by Gasteiger charge is 2.30. The summed E-state index contributed by atoms with van der Waals surface area (Å²) in [7, 11) is 0. The quantitative estimate of drug-likeness (QED) is 0.865. The number of halogens is 1. The van der Waals surface area contributed by atoms with Crippen LogP contribution in [-0.2, 0) is 6.42 Å². The first-order chi connectivity index (χ1) is 8.58. The molecular formula is C16H23FO. The van der Waals surface area contributed by atoms with Gasteiger partial charge in [0.1, 0.15) is 5.82 Å². The summed E-state index contributed by atoms with van der Waals surface area (Å²) in [5, 5.41) is 10.1. The second-order valence-corrected chi connectivity index (χ2v) is 5.94. The normalized spacial score (nSPS) is 28.6. The molecule has 0 saturated heterocycles. The summed E-state index contributed by atoms with van der Waals surface area (Å²) in [5.41, 5.74) is 0.742. The molecule has 1 nitrogen and oxygen atoms in total. The predicted molar refractivity (Wildman–Crippen MR) is 71.8 cm³/mol. The van der Waals surface area contributed by atoms with Crippen LogP contribution < -0.4 is 0 Å². The molecule has 1 aliphatic carbocycles. The molecular weight excluding hydrogens is 227 g/mol. The summed E-state index contributed by atoms with van der Waals surface area (Å²) >= 11 is 0. The van der Waals surface area contributed by atoms with Gasteiger partial charge in [0.2, 0.25) is 0 Å². The SMILES string of the molecule is CC(C)C1CCC(O)C(Cc2ccccc2F)C1. The summed E-state index contributed by atoms with van der Waals surface area (Å²) < 4.78 is 13.6. The lowest BCUT2D eigenvalue weighted by atomic mass is 9.73. The van der Waals surface area contributed by atoms with Crippen LogP contribution in [0, 0.1) is 23.6 Å². The van der Waals surface area contributed by atoms with Gasteiger partial charge in [0.15, 0.2) is 0 Å². The zero-order chi connectivity index (χ0) is 13.1. The van der Waals surface area contributed by atoms with E-state index in [9.17, 15) is 9.50 Å².